The molecule has 4 rings (SSSR count). The van der Waals surface area contributed by atoms with Gasteiger partial charge in [-0.2, -0.15) is 0 Å². The number of hydrogen-bond acceptors (Lipinski definition) is 5. The maximum absolute atomic E-state index is 12.6. The third-order valence-corrected chi connectivity index (χ3v) is 7.46. The Kier molecular flexibility index (Phi) is 5.60. The first-order valence-corrected chi connectivity index (χ1v) is 10.7. The normalized spacial score (nSPS) is 33.6. The Balaban J connectivity index is 1.39. The SMILES string of the molecule is C=C1CCC[C@]2(C)C[C@H]3OC(=O)[C@@H](CNCc4ccc(OC)c(OC)c4)[C@H]3C[C@@H]12. The van der Waals surface area contributed by atoms with Crippen LogP contribution in [0.3, 0.4) is 0 Å². The van der Waals surface area contributed by atoms with Gasteiger partial charge in [0.15, 0.2) is 11.5 Å². The van der Waals surface area contributed by atoms with E-state index >= 15 is 0 Å². The van der Waals surface area contributed by atoms with E-state index in [0.717, 1.165) is 36.3 Å². The molecule has 1 aromatic carbocycles. The van der Waals surface area contributed by atoms with Crippen molar-refractivity contribution in [2.75, 3.05) is 20.8 Å². The zero-order chi connectivity index (χ0) is 20.6. The maximum Gasteiger partial charge on any atom is 0.310 e. The predicted octanol–water partition coefficient (Wildman–Crippen LogP) is 4.11. The molecule has 0 radical (unpaired) electrons. The quantitative estimate of drug-likeness (QED) is 0.576. The molecule has 0 spiro atoms. The summed E-state index contributed by atoms with van der Waals surface area (Å²) in [5, 5.41) is 3.47. The highest BCUT2D eigenvalue weighted by atomic mass is 16.6. The van der Waals surface area contributed by atoms with Crippen molar-refractivity contribution in [3.05, 3.63) is 35.9 Å². The monoisotopic (exact) mass is 399 g/mol. The highest BCUT2D eigenvalue weighted by Crippen LogP contribution is 2.56. The van der Waals surface area contributed by atoms with Gasteiger partial charge in [-0.15, -0.1) is 0 Å². The smallest absolute Gasteiger partial charge is 0.310 e. The molecule has 1 heterocycles. The van der Waals surface area contributed by atoms with Crippen molar-refractivity contribution in [3.63, 3.8) is 0 Å². The summed E-state index contributed by atoms with van der Waals surface area (Å²) in [5.41, 5.74) is 2.73. The summed E-state index contributed by atoms with van der Waals surface area (Å²) in [6.07, 6.45) is 5.66. The molecule has 2 saturated carbocycles. The zero-order valence-electron chi connectivity index (χ0n) is 17.8. The molecule has 5 heteroatoms. The van der Waals surface area contributed by atoms with Gasteiger partial charge in [-0.25, -0.2) is 0 Å². The zero-order valence-corrected chi connectivity index (χ0v) is 17.8. The van der Waals surface area contributed by atoms with E-state index in [0.29, 0.717) is 24.9 Å². The van der Waals surface area contributed by atoms with Gasteiger partial charge in [0.05, 0.1) is 20.1 Å². The molecule has 1 aromatic rings. The van der Waals surface area contributed by atoms with Crippen LogP contribution in [-0.2, 0) is 16.1 Å². The number of carbonyl (C=O) groups is 1. The van der Waals surface area contributed by atoms with Crippen LogP contribution in [0.15, 0.2) is 30.4 Å². The van der Waals surface area contributed by atoms with Gasteiger partial charge in [-0.05, 0) is 61.1 Å². The van der Waals surface area contributed by atoms with Gasteiger partial charge in [-0.1, -0.05) is 25.1 Å². The van der Waals surface area contributed by atoms with Crippen molar-refractivity contribution in [2.45, 2.75) is 51.7 Å². The lowest BCUT2D eigenvalue weighted by molar-refractivity contribution is -0.146. The van der Waals surface area contributed by atoms with E-state index in [2.05, 4.69) is 18.8 Å². The predicted molar refractivity (Wildman–Crippen MR) is 112 cm³/mol. The number of nitrogens with one attached hydrogen (secondary N) is 1. The molecule has 1 N–H and O–H groups in total. The lowest BCUT2D eigenvalue weighted by Crippen LogP contribution is -2.45. The number of carbonyl (C=O) groups excluding carboxylic acids is 1. The van der Waals surface area contributed by atoms with Gasteiger partial charge in [0.25, 0.3) is 0 Å². The minimum Gasteiger partial charge on any atom is -0.493 e. The topological polar surface area (TPSA) is 56.8 Å². The number of ether oxygens (including phenoxy) is 3. The molecule has 5 atom stereocenters. The van der Waals surface area contributed by atoms with E-state index in [1.807, 2.05) is 18.2 Å². The van der Waals surface area contributed by atoms with Gasteiger partial charge in [0.1, 0.15) is 6.10 Å². The fourth-order valence-electron chi connectivity index (χ4n) is 5.85. The number of allylic oxidation sites excluding steroid dienone is 1. The van der Waals surface area contributed by atoms with Gasteiger partial charge >= 0.3 is 5.97 Å². The standard InChI is InChI=1S/C24H33NO4/c1-15-6-5-9-24(2)12-22-17(11-19(15)24)18(23(26)29-22)14-25-13-16-7-8-20(27-3)21(10-16)28-4/h7-8,10,17-19,22,25H,1,5-6,9,11-14H2,2-4H3/t17-,18+,19+,22-,24-/m1/s1. The van der Waals surface area contributed by atoms with Crippen molar-refractivity contribution in [1.82, 2.24) is 5.32 Å². The molecule has 2 aliphatic carbocycles. The van der Waals surface area contributed by atoms with Crippen LogP contribution in [0.5, 0.6) is 11.5 Å². The summed E-state index contributed by atoms with van der Waals surface area (Å²) in [4.78, 5) is 12.6. The molecular formula is C24H33NO4. The number of methoxy groups -OCH3 is 2. The Morgan fingerprint density at radius 3 is 2.83 bits per heavy atom. The van der Waals surface area contributed by atoms with Crippen molar-refractivity contribution in [3.8, 4) is 11.5 Å². The molecule has 0 unspecified atom stereocenters. The molecule has 1 aliphatic heterocycles. The van der Waals surface area contributed by atoms with E-state index in [1.165, 1.54) is 18.4 Å². The van der Waals surface area contributed by atoms with Crippen molar-refractivity contribution in [2.24, 2.45) is 23.2 Å². The molecule has 3 aliphatic rings. The third-order valence-electron chi connectivity index (χ3n) is 7.46. The summed E-state index contributed by atoms with van der Waals surface area (Å²) < 4.78 is 16.5. The molecular weight excluding hydrogens is 366 g/mol. The van der Waals surface area contributed by atoms with Gasteiger partial charge < -0.3 is 19.5 Å². The fraction of sp³-hybridized carbons (Fsp3) is 0.625. The highest BCUT2D eigenvalue weighted by molar-refractivity contribution is 5.75. The Bertz CT molecular complexity index is 791. The number of fused-ring (bicyclic) bond motifs is 2. The summed E-state index contributed by atoms with van der Waals surface area (Å²) in [6, 6.07) is 5.90. The van der Waals surface area contributed by atoms with Crippen LogP contribution in [-0.4, -0.2) is 32.8 Å². The van der Waals surface area contributed by atoms with E-state index in [1.54, 1.807) is 14.2 Å². The van der Waals surface area contributed by atoms with Crippen LogP contribution in [0, 0.1) is 23.2 Å². The van der Waals surface area contributed by atoms with Crippen molar-refractivity contribution in [1.29, 1.82) is 0 Å². The van der Waals surface area contributed by atoms with Crippen LogP contribution in [0.25, 0.3) is 0 Å². The minimum absolute atomic E-state index is 0.0346. The van der Waals surface area contributed by atoms with Crippen molar-refractivity contribution >= 4 is 5.97 Å². The molecule has 0 aromatic heterocycles. The Labute approximate surface area is 173 Å². The molecule has 0 amide bonds. The van der Waals surface area contributed by atoms with Crippen LogP contribution >= 0.6 is 0 Å². The first-order valence-electron chi connectivity index (χ1n) is 10.7. The lowest BCUT2D eigenvalue weighted by Gasteiger charge is -2.50. The maximum atomic E-state index is 12.6. The number of esters is 1. The summed E-state index contributed by atoms with van der Waals surface area (Å²) in [5.74, 6) is 2.16. The molecule has 29 heavy (non-hydrogen) atoms. The molecule has 158 valence electrons. The largest absolute Gasteiger partial charge is 0.493 e. The summed E-state index contributed by atoms with van der Waals surface area (Å²) in [7, 11) is 3.27. The molecule has 1 saturated heterocycles. The fourth-order valence-corrected chi connectivity index (χ4v) is 5.85. The number of benzene rings is 1. The van der Waals surface area contributed by atoms with E-state index in [-0.39, 0.29) is 23.4 Å². The van der Waals surface area contributed by atoms with Gasteiger partial charge in [0.2, 0.25) is 0 Å². The van der Waals surface area contributed by atoms with Crippen LogP contribution in [0.2, 0.25) is 0 Å². The van der Waals surface area contributed by atoms with E-state index in [9.17, 15) is 4.79 Å². The molecule has 3 fully saturated rings. The third kappa shape index (κ3) is 3.77. The van der Waals surface area contributed by atoms with Crippen LogP contribution < -0.4 is 14.8 Å². The van der Waals surface area contributed by atoms with E-state index < -0.39 is 0 Å². The second-order valence-corrected chi connectivity index (χ2v) is 9.22. The first kappa shape index (κ1) is 20.3. The number of rotatable bonds is 6. The molecule has 5 nitrogen and oxygen atoms in total. The second-order valence-electron chi connectivity index (χ2n) is 9.22. The Morgan fingerprint density at radius 2 is 2.07 bits per heavy atom. The first-order chi connectivity index (χ1) is 13.9. The highest BCUT2D eigenvalue weighted by Gasteiger charge is 2.54. The van der Waals surface area contributed by atoms with E-state index in [4.69, 9.17) is 14.2 Å². The minimum atomic E-state index is -0.0700. The Morgan fingerprint density at radius 1 is 1.28 bits per heavy atom. The van der Waals surface area contributed by atoms with Crippen LogP contribution in [0.4, 0.5) is 0 Å². The Hall–Kier alpha value is -2.01. The molecule has 0 bridgehead atoms. The van der Waals surface area contributed by atoms with Gasteiger partial charge in [-0.3, -0.25) is 4.79 Å². The summed E-state index contributed by atoms with van der Waals surface area (Å²) >= 11 is 0. The second kappa shape index (κ2) is 8.02. The summed E-state index contributed by atoms with van der Waals surface area (Å²) in [6.45, 7) is 8.06. The lowest BCUT2D eigenvalue weighted by atomic mass is 9.55. The average molecular weight is 400 g/mol. The van der Waals surface area contributed by atoms with Crippen molar-refractivity contribution < 1.29 is 19.0 Å². The average Bonchev–Trinajstić information content (AvgIpc) is 3.00. The van der Waals surface area contributed by atoms with Crippen LogP contribution in [0.1, 0.15) is 44.6 Å². The number of hydrogen-bond donors (Lipinski definition) is 1. The van der Waals surface area contributed by atoms with Gasteiger partial charge in [0, 0.05) is 19.0 Å².